The SMILES string of the molecule is COc1ccc(-n2nc(C(C)F)cc2-c2ccc(CCN)cc2)cn1. The quantitative estimate of drug-likeness (QED) is 0.746. The second kappa shape index (κ2) is 7.44. The highest BCUT2D eigenvalue weighted by atomic mass is 19.1. The lowest BCUT2D eigenvalue weighted by Crippen LogP contribution is -2.03. The Labute approximate surface area is 146 Å². The molecule has 0 radical (unpaired) electrons. The van der Waals surface area contributed by atoms with Gasteiger partial charge in [-0.2, -0.15) is 5.10 Å². The molecule has 2 aromatic heterocycles. The standard InChI is InChI=1S/C19H21FN4O/c1-13(20)17-11-18(15-5-3-14(4-6-15)9-10-21)24(23-17)16-7-8-19(25-2)22-12-16/h3-8,11-13H,9-10,21H2,1-2H3. The van der Waals surface area contributed by atoms with Gasteiger partial charge in [0.25, 0.3) is 0 Å². The van der Waals surface area contributed by atoms with E-state index in [0.717, 1.165) is 23.4 Å². The Morgan fingerprint density at radius 3 is 2.52 bits per heavy atom. The summed E-state index contributed by atoms with van der Waals surface area (Å²) in [5.41, 5.74) is 9.66. The minimum Gasteiger partial charge on any atom is -0.481 e. The first-order valence-electron chi connectivity index (χ1n) is 8.16. The normalized spacial score (nSPS) is 12.2. The van der Waals surface area contributed by atoms with Gasteiger partial charge in [0.05, 0.1) is 30.4 Å². The van der Waals surface area contributed by atoms with Gasteiger partial charge in [-0.25, -0.2) is 14.1 Å². The molecule has 0 aliphatic carbocycles. The van der Waals surface area contributed by atoms with E-state index in [4.69, 9.17) is 10.5 Å². The van der Waals surface area contributed by atoms with Crippen LogP contribution in [-0.2, 0) is 6.42 Å². The Morgan fingerprint density at radius 2 is 1.96 bits per heavy atom. The van der Waals surface area contributed by atoms with Crippen LogP contribution in [0, 0.1) is 0 Å². The van der Waals surface area contributed by atoms with Gasteiger partial charge in [-0.3, -0.25) is 0 Å². The average molecular weight is 340 g/mol. The number of pyridine rings is 1. The summed E-state index contributed by atoms with van der Waals surface area (Å²) in [5, 5.41) is 4.41. The van der Waals surface area contributed by atoms with Crippen molar-refractivity contribution in [1.29, 1.82) is 0 Å². The Balaban J connectivity index is 2.04. The number of rotatable bonds is 6. The van der Waals surface area contributed by atoms with Crippen molar-refractivity contribution in [3.05, 3.63) is 59.9 Å². The second-order valence-corrected chi connectivity index (χ2v) is 5.78. The van der Waals surface area contributed by atoms with E-state index in [1.807, 2.05) is 30.3 Å². The summed E-state index contributed by atoms with van der Waals surface area (Å²) in [6.07, 6.45) is 1.34. The summed E-state index contributed by atoms with van der Waals surface area (Å²) in [7, 11) is 1.56. The summed E-state index contributed by atoms with van der Waals surface area (Å²) >= 11 is 0. The first kappa shape index (κ1) is 17.1. The van der Waals surface area contributed by atoms with Crippen molar-refractivity contribution in [2.24, 2.45) is 5.73 Å². The first-order valence-corrected chi connectivity index (χ1v) is 8.16. The summed E-state index contributed by atoms with van der Waals surface area (Å²) in [4.78, 5) is 4.21. The molecule has 3 rings (SSSR count). The molecule has 0 bridgehead atoms. The van der Waals surface area contributed by atoms with Gasteiger partial charge in [0.15, 0.2) is 0 Å². The number of ether oxygens (including phenoxy) is 1. The molecule has 1 unspecified atom stereocenters. The lowest BCUT2D eigenvalue weighted by atomic mass is 10.1. The molecule has 130 valence electrons. The van der Waals surface area contributed by atoms with E-state index in [9.17, 15) is 4.39 Å². The molecule has 25 heavy (non-hydrogen) atoms. The first-order chi connectivity index (χ1) is 12.1. The van der Waals surface area contributed by atoms with Crippen LogP contribution in [0.15, 0.2) is 48.7 Å². The van der Waals surface area contributed by atoms with Crippen LogP contribution in [0.2, 0.25) is 0 Å². The number of benzene rings is 1. The van der Waals surface area contributed by atoms with Crippen molar-refractivity contribution < 1.29 is 9.13 Å². The second-order valence-electron chi connectivity index (χ2n) is 5.78. The third-order valence-corrected chi connectivity index (χ3v) is 3.99. The highest BCUT2D eigenvalue weighted by Gasteiger charge is 2.16. The van der Waals surface area contributed by atoms with Crippen LogP contribution in [0.1, 0.15) is 24.4 Å². The Kier molecular flexibility index (Phi) is 5.09. The number of methoxy groups -OCH3 is 1. The topological polar surface area (TPSA) is 66.0 Å². The molecule has 0 fully saturated rings. The van der Waals surface area contributed by atoms with Gasteiger partial charge in [-0.1, -0.05) is 24.3 Å². The monoisotopic (exact) mass is 340 g/mol. The van der Waals surface area contributed by atoms with Crippen LogP contribution in [-0.4, -0.2) is 28.4 Å². The minimum atomic E-state index is -1.15. The van der Waals surface area contributed by atoms with Crippen molar-refractivity contribution in [3.8, 4) is 22.8 Å². The molecule has 0 aliphatic heterocycles. The van der Waals surface area contributed by atoms with E-state index in [-0.39, 0.29) is 0 Å². The van der Waals surface area contributed by atoms with Gasteiger partial charge < -0.3 is 10.5 Å². The summed E-state index contributed by atoms with van der Waals surface area (Å²) in [6.45, 7) is 2.09. The lowest BCUT2D eigenvalue weighted by Gasteiger charge is -2.09. The van der Waals surface area contributed by atoms with Crippen molar-refractivity contribution in [2.45, 2.75) is 19.5 Å². The molecule has 0 aliphatic rings. The fourth-order valence-corrected chi connectivity index (χ4v) is 2.62. The van der Waals surface area contributed by atoms with Crippen LogP contribution >= 0.6 is 0 Å². The number of aromatic nitrogens is 3. The maximum Gasteiger partial charge on any atom is 0.213 e. The fraction of sp³-hybridized carbons (Fsp3) is 0.263. The van der Waals surface area contributed by atoms with E-state index in [0.29, 0.717) is 18.1 Å². The molecule has 2 heterocycles. The highest BCUT2D eigenvalue weighted by Crippen LogP contribution is 2.28. The van der Waals surface area contributed by atoms with Crippen molar-refractivity contribution in [1.82, 2.24) is 14.8 Å². The van der Waals surface area contributed by atoms with Crippen molar-refractivity contribution in [2.75, 3.05) is 13.7 Å². The number of hydrogen-bond acceptors (Lipinski definition) is 4. The van der Waals surface area contributed by atoms with Crippen molar-refractivity contribution >= 4 is 0 Å². The summed E-state index contributed by atoms with van der Waals surface area (Å²) in [6, 6.07) is 13.4. The Morgan fingerprint density at radius 1 is 1.20 bits per heavy atom. The zero-order valence-electron chi connectivity index (χ0n) is 14.3. The van der Waals surface area contributed by atoms with Gasteiger partial charge in [-0.15, -0.1) is 0 Å². The number of nitrogens with two attached hydrogens (primary N) is 1. The van der Waals surface area contributed by atoms with Gasteiger partial charge >= 0.3 is 0 Å². The van der Waals surface area contributed by atoms with Crippen LogP contribution in [0.4, 0.5) is 4.39 Å². The van der Waals surface area contributed by atoms with E-state index >= 15 is 0 Å². The molecule has 1 atom stereocenters. The van der Waals surface area contributed by atoms with Crippen LogP contribution in [0.25, 0.3) is 16.9 Å². The maximum atomic E-state index is 13.8. The Hall–Kier alpha value is -2.73. The predicted molar refractivity (Wildman–Crippen MR) is 95.6 cm³/mol. The van der Waals surface area contributed by atoms with Crippen LogP contribution in [0.3, 0.4) is 0 Å². The third-order valence-electron chi connectivity index (χ3n) is 3.99. The van der Waals surface area contributed by atoms with E-state index in [1.54, 1.807) is 30.1 Å². The van der Waals surface area contributed by atoms with E-state index in [2.05, 4.69) is 10.1 Å². The molecule has 0 spiro atoms. The number of nitrogens with zero attached hydrogens (tertiary/aromatic N) is 3. The molecule has 0 saturated carbocycles. The van der Waals surface area contributed by atoms with Crippen molar-refractivity contribution in [3.63, 3.8) is 0 Å². The molecular weight excluding hydrogens is 319 g/mol. The van der Waals surface area contributed by atoms with Gasteiger partial charge in [0.1, 0.15) is 6.17 Å². The zero-order valence-corrected chi connectivity index (χ0v) is 14.3. The Bertz CT molecular complexity index is 826. The van der Waals surface area contributed by atoms with Gasteiger partial charge in [0, 0.05) is 11.6 Å². The molecule has 1 aromatic carbocycles. The third kappa shape index (κ3) is 3.69. The average Bonchev–Trinajstić information content (AvgIpc) is 3.08. The maximum absolute atomic E-state index is 13.8. The molecule has 0 saturated heterocycles. The van der Waals surface area contributed by atoms with Gasteiger partial charge in [-0.05, 0) is 37.6 Å². The molecule has 6 heteroatoms. The smallest absolute Gasteiger partial charge is 0.213 e. The number of halogens is 1. The molecule has 0 amide bonds. The minimum absolute atomic E-state index is 0.386. The molecule has 2 N–H and O–H groups in total. The number of hydrogen-bond donors (Lipinski definition) is 1. The molecular formula is C19H21FN4O. The van der Waals surface area contributed by atoms with Crippen LogP contribution in [0.5, 0.6) is 5.88 Å². The largest absolute Gasteiger partial charge is 0.481 e. The van der Waals surface area contributed by atoms with Crippen LogP contribution < -0.4 is 10.5 Å². The molecule has 5 nitrogen and oxygen atoms in total. The number of alkyl halides is 1. The highest BCUT2D eigenvalue weighted by molar-refractivity contribution is 5.63. The fourth-order valence-electron chi connectivity index (χ4n) is 2.62. The zero-order chi connectivity index (χ0) is 17.8. The van der Waals surface area contributed by atoms with Gasteiger partial charge in [0.2, 0.25) is 5.88 Å². The molecule has 3 aromatic rings. The predicted octanol–water partition coefficient (Wildman–Crippen LogP) is 3.47. The lowest BCUT2D eigenvalue weighted by molar-refractivity contribution is 0.364. The van der Waals surface area contributed by atoms with E-state index < -0.39 is 6.17 Å². The summed E-state index contributed by atoms with van der Waals surface area (Å²) in [5.74, 6) is 0.516. The van der Waals surface area contributed by atoms with E-state index in [1.165, 1.54) is 12.5 Å². The summed E-state index contributed by atoms with van der Waals surface area (Å²) < 4.78 is 20.6.